The second-order valence-corrected chi connectivity index (χ2v) is 6.00. The molecule has 1 N–H and O–H groups in total. The van der Waals surface area contributed by atoms with Gasteiger partial charge in [-0.15, -0.1) is 0 Å². The normalized spacial score (nSPS) is 11.9. The zero-order chi connectivity index (χ0) is 14.7. The van der Waals surface area contributed by atoms with Crippen molar-refractivity contribution >= 4 is 11.8 Å². The standard InChI is InChI=1S/C17H17NOS/c1-11-4-6-15(8-12(11)2)20-17-9-14(10-18)5-7-16(17)13(3)19/h4-9,13,19H,1-3H3/t13-/m1/s1. The van der Waals surface area contributed by atoms with E-state index in [-0.39, 0.29) is 0 Å². The molecular formula is C17H17NOS. The number of aryl methyl sites for hydroxylation is 2. The number of benzene rings is 2. The van der Waals surface area contributed by atoms with Crippen LogP contribution in [0.5, 0.6) is 0 Å². The zero-order valence-corrected chi connectivity index (χ0v) is 12.7. The van der Waals surface area contributed by atoms with E-state index in [4.69, 9.17) is 5.26 Å². The molecule has 0 heterocycles. The first kappa shape index (κ1) is 14.6. The SMILES string of the molecule is Cc1ccc(Sc2cc(C#N)ccc2[C@@H](C)O)cc1C. The van der Waals surface area contributed by atoms with Gasteiger partial charge in [-0.1, -0.05) is 23.9 Å². The van der Waals surface area contributed by atoms with Gasteiger partial charge in [-0.25, -0.2) is 0 Å². The second kappa shape index (κ2) is 6.13. The monoisotopic (exact) mass is 283 g/mol. The fourth-order valence-corrected chi connectivity index (χ4v) is 3.11. The van der Waals surface area contributed by atoms with Crippen molar-refractivity contribution < 1.29 is 5.11 Å². The van der Waals surface area contributed by atoms with Crippen LogP contribution in [0.3, 0.4) is 0 Å². The summed E-state index contributed by atoms with van der Waals surface area (Å²) in [5.41, 5.74) is 3.97. The van der Waals surface area contributed by atoms with Gasteiger partial charge in [0.05, 0.1) is 17.7 Å². The lowest BCUT2D eigenvalue weighted by atomic mass is 10.1. The lowest BCUT2D eigenvalue weighted by Crippen LogP contribution is -1.95. The van der Waals surface area contributed by atoms with Gasteiger partial charge in [0.25, 0.3) is 0 Å². The average molecular weight is 283 g/mol. The molecule has 2 rings (SSSR count). The van der Waals surface area contributed by atoms with E-state index in [0.717, 1.165) is 15.4 Å². The Hall–Kier alpha value is -1.76. The molecule has 0 amide bonds. The van der Waals surface area contributed by atoms with Gasteiger partial charge in [0, 0.05) is 9.79 Å². The van der Waals surface area contributed by atoms with Crippen LogP contribution in [0.25, 0.3) is 0 Å². The molecule has 20 heavy (non-hydrogen) atoms. The molecule has 0 aliphatic carbocycles. The fraction of sp³-hybridized carbons (Fsp3) is 0.235. The minimum atomic E-state index is -0.545. The molecule has 0 fully saturated rings. The molecule has 0 saturated carbocycles. The van der Waals surface area contributed by atoms with E-state index >= 15 is 0 Å². The smallest absolute Gasteiger partial charge is 0.0992 e. The molecule has 0 aliphatic heterocycles. The molecule has 1 atom stereocenters. The van der Waals surface area contributed by atoms with E-state index < -0.39 is 6.10 Å². The first-order chi connectivity index (χ1) is 9.51. The summed E-state index contributed by atoms with van der Waals surface area (Å²) in [6.07, 6.45) is -0.545. The quantitative estimate of drug-likeness (QED) is 0.909. The summed E-state index contributed by atoms with van der Waals surface area (Å²) in [4.78, 5) is 2.05. The molecule has 0 radical (unpaired) electrons. The minimum Gasteiger partial charge on any atom is -0.389 e. The highest BCUT2D eigenvalue weighted by Gasteiger charge is 2.11. The number of hydrogen-bond donors (Lipinski definition) is 1. The third kappa shape index (κ3) is 3.22. The maximum Gasteiger partial charge on any atom is 0.0992 e. The topological polar surface area (TPSA) is 44.0 Å². The molecule has 2 aromatic rings. The number of aliphatic hydroxyl groups is 1. The summed E-state index contributed by atoms with van der Waals surface area (Å²) in [5.74, 6) is 0. The van der Waals surface area contributed by atoms with Gasteiger partial charge in [-0.2, -0.15) is 5.26 Å². The van der Waals surface area contributed by atoms with Crippen LogP contribution in [-0.2, 0) is 0 Å². The molecule has 0 spiro atoms. The summed E-state index contributed by atoms with van der Waals surface area (Å²) < 4.78 is 0. The van der Waals surface area contributed by atoms with Crippen LogP contribution in [0.2, 0.25) is 0 Å². The number of hydrogen-bond acceptors (Lipinski definition) is 3. The van der Waals surface area contributed by atoms with Crippen molar-refractivity contribution in [3.63, 3.8) is 0 Å². The summed E-state index contributed by atoms with van der Waals surface area (Å²) in [6, 6.07) is 13.8. The fourth-order valence-electron chi connectivity index (χ4n) is 1.94. The van der Waals surface area contributed by atoms with Crippen LogP contribution in [0.15, 0.2) is 46.2 Å². The van der Waals surface area contributed by atoms with Crippen LogP contribution in [0.1, 0.15) is 35.3 Å². The highest BCUT2D eigenvalue weighted by molar-refractivity contribution is 7.99. The van der Waals surface area contributed by atoms with Crippen molar-refractivity contribution in [1.82, 2.24) is 0 Å². The van der Waals surface area contributed by atoms with E-state index in [0.29, 0.717) is 5.56 Å². The Labute approximate surface area is 124 Å². The molecule has 0 bridgehead atoms. The molecule has 0 unspecified atom stereocenters. The van der Waals surface area contributed by atoms with Gasteiger partial charge in [0.15, 0.2) is 0 Å². The van der Waals surface area contributed by atoms with Crippen molar-refractivity contribution in [2.24, 2.45) is 0 Å². The highest BCUT2D eigenvalue weighted by Crippen LogP contribution is 2.34. The largest absolute Gasteiger partial charge is 0.389 e. The number of aliphatic hydroxyl groups excluding tert-OH is 1. The summed E-state index contributed by atoms with van der Waals surface area (Å²) in [5, 5.41) is 18.9. The molecular weight excluding hydrogens is 266 g/mol. The van der Waals surface area contributed by atoms with Crippen LogP contribution in [0, 0.1) is 25.2 Å². The minimum absolute atomic E-state index is 0.545. The Kier molecular flexibility index (Phi) is 4.49. The Morgan fingerprint density at radius 3 is 2.45 bits per heavy atom. The number of nitrogens with zero attached hydrogens (tertiary/aromatic N) is 1. The zero-order valence-electron chi connectivity index (χ0n) is 11.8. The molecule has 0 aliphatic rings. The molecule has 3 heteroatoms. The van der Waals surface area contributed by atoms with Crippen LogP contribution in [0.4, 0.5) is 0 Å². The average Bonchev–Trinajstić information content (AvgIpc) is 2.42. The summed E-state index contributed by atoms with van der Waals surface area (Å²) in [6.45, 7) is 5.91. The molecule has 2 nitrogen and oxygen atoms in total. The molecule has 102 valence electrons. The number of rotatable bonds is 3. The number of nitriles is 1. The Morgan fingerprint density at radius 2 is 1.85 bits per heavy atom. The molecule has 2 aromatic carbocycles. The van der Waals surface area contributed by atoms with Gasteiger partial charge in [0.2, 0.25) is 0 Å². The van der Waals surface area contributed by atoms with Crippen LogP contribution in [-0.4, -0.2) is 5.11 Å². The Balaban J connectivity index is 2.40. The Morgan fingerprint density at radius 1 is 1.10 bits per heavy atom. The molecule has 0 saturated heterocycles. The van der Waals surface area contributed by atoms with Crippen LogP contribution >= 0.6 is 11.8 Å². The third-order valence-corrected chi connectivity index (χ3v) is 4.36. The van der Waals surface area contributed by atoms with Crippen molar-refractivity contribution in [1.29, 1.82) is 5.26 Å². The van der Waals surface area contributed by atoms with Crippen molar-refractivity contribution in [3.8, 4) is 6.07 Å². The van der Waals surface area contributed by atoms with E-state index in [9.17, 15) is 5.11 Å². The third-order valence-electron chi connectivity index (χ3n) is 3.30. The Bertz CT molecular complexity index is 671. The maximum absolute atomic E-state index is 9.85. The maximum atomic E-state index is 9.85. The first-order valence-electron chi connectivity index (χ1n) is 6.48. The summed E-state index contributed by atoms with van der Waals surface area (Å²) >= 11 is 1.58. The van der Waals surface area contributed by atoms with E-state index in [2.05, 4.69) is 38.1 Å². The van der Waals surface area contributed by atoms with Crippen molar-refractivity contribution in [2.45, 2.75) is 36.7 Å². The van der Waals surface area contributed by atoms with Crippen LogP contribution < -0.4 is 0 Å². The molecule has 0 aromatic heterocycles. The summed E-state index contributed by atoms with van der Waals surface area (Å²) in [7, 11) is 0. The van der Waals surface area contributed by atoms with Gasteiger partial charge in [0.1, 0.15) is 0 Å². The van der Waals surface area contributed by atoms with Gasteiger partial charge >= 0.3 is 0 Å². The van der Waals surface area contributed by atoms with E-state index in [1.807, 2.05) is 12.1 Å². The second-order valence-electron chi connectivity index (χ2n) is 4.89. The van der Waals surface area contributed by atoms with Gasteiger partial charge < -0.3 is 5.11 Å². The predicted molar refractivity (Wildman–Crippen MR) is 81.8 cm³/mol. The van der Waals surface area contributed by atoms with Gasteiger partial charge in [-0.3, -0.25) is 0 Å². The lowest BCUT2D eigenvalue weighted by molar-refractivity contribution is 0.196. The lowest BCUT2D eigenvalue weighted by Gasteiger charge is -2.12. The van der Waals surface area contributed by atoms with Crippen molar-refractivity contribution in [3.05, 3.63) is 58.7 Å². The highest BCUT2D eigenvalue weighted by atomic mass is 32.2. The van der Waals surface area contributed by atoms with Crippen molar-refractivity contribution in [2.75, 3.05) is 0 Å². The first-order valence-corrected chi connectivity index (χ1v) is 7.30. The van der Waals surface area contributed by atoms with E-state index in [1.54, 1.807) is 24.8 Å². The predicted octanol–water partition coefficient (Wildman–Crippen LogP) is 4.38. The van der Waals surface area contributed by atoms with Gasteiger partial charge in [-0.05, 0) is 61.7 Å². The van der Waals surface area contributed by atoms with E-state index in [1.165, 1.54) is 11.1 Å².